The van der Waals surface area contributed by atoms with Crippen molar-refractivity contribution in [2.45, 2.75) is 12.0 Å². The fourth-order valence-corrected chi connectivity index (χ4v) is 1.40. The zero-order chi connectivity index (χ0) is 9.47. The molecule has 1 unspecified atom stereocenters. The fourth-order valence-electron chi connectivity index (χ4n) is 1.40. The minimum absolute atomic E-state index is 0.159. The first-order valence-electron chi connectivity index (χ1n) is 3.96. The maximum atomic E-state index is 6.01. The first-order valence-corrected chi connectivity index (χ1v) is 3.96. The lowest BCUT2D eigenvalue weighted by atomic mass is 10.00. The molecule has 72 valence electrons. The summed E-state index contributed by atoms with van der Waals surface area (Å²) < 4.78 is 6.38. The Balaban J connectivity index is 2.39. The second kappa shape index (κ2) is 2.57. The van der Waals surface area contributed by atoms with E-state index in [0.717, 1.165) is 0 Å². The number of ether oxygens (including phenoxy) is 1. The number of anilines is 1. The van der Waals surface area contributed by atoms with Crippen LogP contribution in [0.3, 0.4) is 0 Å². The van der Waals surface area contributed by atoms with Crippen LogP contribution in [0.2, 0.25) is 0 Å². The van der Waals surface area contributed by atoms with E-state index in [1.54, 1.807) is 0 Å². The van der Waals surface area contributed by atoms with Gasteiger partial charge < -0.3 is 22.0 Å². The maximum absolute atomic E-state index is 6.01. The van der Waals surface area contributed by atoms with Crippen LogP contribution in [0.25, 0.3) is 0 Å². The Bertz CT molecular complexity index is 315. The molecule has 0 saturated carbocycles. The molecule has 7 nitrogen and oxygen atoms in total. The molecule has 1 saturated heterocycles. The van der Waals surface area contributed by atoms with Gasteiger partial charge in [-0.05, 0) is 6.42 Å². The molecule has 1 aliphatic rings. The van der Waals surface area contributed by atoms with Gasteiger partial charge in [-0.15, -0.1) is 10.2 Å². The third kappa shape index (κ3) is 1.12. The molecule has 0 aliphatic carbocycles. The molecular weight excluding hydrogens is 172 g/mol. The number of hydrogen-bond acceptors (Lipinski definition) is 6. The SMILES string of the molecule is Nc1nnc(C2(N)CCOC2)n1N. The van der Waals surface area contributed by atoms with E-state index in [2.05, 4.69) is 10.2 Å². The molecule has 2 rings (SSSR count). The molecule has 0 aromatic carbocycles. The van der Waals surface area contributed by atoms with Gasteiger partial charge in [0.05, 0.1) is 6.61 Å². The highest BCUT2D eigenvalue weighted by Crippen LogP contribution is 2.25. The van der Waals surface area contributed by atoms with E-state index < -0.39 is 5.54 Å². The van der Waals surface area contributed by atoms with Crippen molar-refractivity contribution >= 4 is 5.95 Å². The molecule has 6 N–H and O–H groups in total. The molecule has 0 amide bonds. The van der Waals surface area contributed by atoms with Gasteiger partial charge in [-0.1, -0.05) is 0 Å². The van der Waals surface area contributed by atoms with Crippen LogP contribution < -0.4 is 17.3 Å². The fraction of sp³-hybridized carbons (Fsp3) is 0.667. The third-order valence-corrected chi connectivity index (χ3v) is 2.22. The van der Waals surface area contributed by atoms with Gasteiger partial charge in [0.2, 0.25) is 5.95 Å². The van der Waals surface area contributed by atoms with E-state index >= 15 is 0 Å². The third-order valence-electron chi connectivity index (χ3n) is 2.22. The van der Waals surface area contributed by atoms with E-state index in [9.17, 15) is 0 Å². The number of rotatable bonds is 1. The van der Waals surface area contributed by atoms with Crippen molar-refractivity contribution < 1.29 is 4.74 Å². The summed E-state index contributed by atoms with van der Waals surface area (Å²) in [6.07, 6.45) is 0.683. The highest BCUT2D eigenvalue weighted by Gasteiger charge is 2.37. The second-order valence-electron chi connectivity index (χ2n) is 3.21. The lowest BCUT2D eigenvalue weighted by Gasteiger charge is -2.19. The molecule has 7 heteroatoms. The Morgan fingerprint density at radius 1 is 1.46 bits per heavy atom. The molecule has 1 aromatic heterocycles. The van der Waals surface area contributed by atoms with Crippen LogP contribution in [-0.2, 0) is 10.3 Å². The lowest BCUT2D eigenvalue weighted by Crippen LogP contribution is -2.41. The monoisotopic (exact) mass is 184 g/mol. The first-order chi connectivity index (χ1) is 6.13. The Morgan fingerprint density at radius 2 is 2.23 bits per heavy atom. The lowest BCUT2D eigenvalue weighted by molar-refractivity contribution is 0.175. The summed E-state index contributed by atoms with van der Waals surface area (Å²) >= 11 is 0. The minimum atomic E-state index is -0.640. The number of nitrogens with two attached hydrogens (primary N) is 3. The Kier molecular flexibility index (Phi) is 1.64. The Labute approximate surface area is 74.8 Å². The van der Waals surface area contributed by atoms with E-state index in [1.165, 1.54) is 4.68 Å². The number of nitrogen functional groups attached to an aromatic ring is 2. The van der Waals surface area contributed by atoms with Crippen LogP contribution in [0.1, 0.15) is 12.2 Å². The highest BCUT2D eigenvalue weighted by molar-refractivity contribution is 5.22. The van der Waals surface area contributed by atoms with Crippen LogP contribution >= 0.6 is 0 Å². The van der Waals surface area contributed by atoms with Crippen molar-refractivity contribution in [3.8, 4) is 0 Å². The molecule has 1 aromatic rings. The van der Waals surface area contributed by atoms with Gasteiger partial charge in [-0.2, -0.15) is 0 Å². The molecule has 1 atom stereocenters. The quantitative estimate of drug-likeness (QED) is 0.441. The number of hydrogen-bond donors (Lipinski definition) is 3. The van der Waals surface area contributed by atoms with Crippen molar-refractivity contribution in [2.24, 2.45) is 5.73 Å². The maximum Gasteiger partial charge on any atom is 0.240 e. The molecular formula is C6H12N6O. The zero-order valence-corrected chi connectivity index (χ0v) is 7.10. The molecule has 2 heterocycles. The van der Waals surface area contributed by atoms with Crippen molar-refractivity contribution in [1.82, 2.24) is 14.9 Å². The average molecular weight is 184 g/mol. The predicted octanol–water partition coefficient (Wildman–Crippen LogP) is -1.85. The van der Waals surface area contributed by atoms with Crippen molar-refractivity contribution in [3.05, 3.63) is 5.82 Å². The predicted molar refractivity (Wildman–Crippen MR) is 45.9 cm³/mol. The highest BCUT2D eigenvalue weighted by atomic mass is 16.5. The molecule has 13 heavy (non-hydrogen) atoms. The van der Waals surface area contributed by atoms with Crippen LogP contribution in [0.4, 0.5) is 5.95 Å². The number of aromatic nitrogens is 3. The summed E-state index contributed by atoms with van der Waals surface area (Å²) in [4.78, 5) is 0. The van der Waals surface area contributed by atoms with Gasteiger partial charge in [0, 0.05) is 6.61 Å². The van der Waals surface area contributed by atoms with Crippen molar-refractivity contribution in [1.29, 1.82) is 0 Å². The molecule has 0 spiro atoms. The van der Waals surface area contributed by atoms with E-state index in [1.807, 2.05) is 0 Å². The zero-order valence-electron chi connectivity index (χ0n) is 7.10. The second-order valence-corrected chi connectivity index (χ2v) is 3.21. The topological polar surface area (TPSA) is 118 Å². The molecule has 0 radical (unpaired) electrons. The van der Waals surface area contributed by atoms with Gasteiger partial charge in [0.25, 0.3) is 0 Å². The summed E-state index contributed by atoms with van der Waals surface area (Å²) in [5.41, 5.74) is 10.8. The standard InChI is InChI=1S/C6H12N6O/c7-5-11-10-4(12(5)9)6(8)1-2-13-3-6/h1-3,8-9H2,(H2,7,11). The molecule has 1 aliphatic heterocycles. The van der Waals surface area contributed by atoms with Crippen molar-refractivity contribution in [2.75, 3.05) is 24.8 Å². The van der Waals surface area contributed by atoms with E-state index in [4.69, 9.17) is 22.0 Å². The summed E-state index contributed by atoms with van der Waals surface area (Å²) in [6, 6.07) is 0. The Morgan fingerprint density at radius 3 is 2.69 bits per heavy atom. The first kappa shape index (κ1) is 8.27. The van der Waals surface area contributed by atoms with Crippen molar-refractivity contribution in [3.63, 3.8) is 0 Å². The smallest absolute Gasteiger partial charge is 0.240 e. The van der Waals surface area contributed by atoms with Crippen LogP contribution in [0, 0.1) is 0 Å². The molecule has 1 fully saturated rings. The molecule has 0 bridgehead atoms. The van der Waals surface area contributed by atoms with E-state index in [-0.39, 0.29) is 5.95 Å². The van der Waals surface area contributed by atoms with E-state index in [0.29, 0.717) is 25.5 Å². The Hall–Kier alpha value is -1.34. The van der Waals surface area contributed by atoms with Gasteiger partial charge in [0.15, 0.2) is 5.82 Å². The summed E-state index contributed by atoms with van der Waals surface area (Å²) in [7, 11) is 0. The minimum Gasteiger partial charge on any atom is -0.379 e. The summed E-state index contributed by atoms with van der Waals surface area (Å²) in [5.74, 6) is 6.23. The summed E-state index contributed by atoms with van der Waals surface area (Å²) in [6.45, 7) is 1.02. The van der Waals surface area contributed by atoms with Gasteiger partial charge in [-0.3, -0.25) is 0 Å². The normalized spacial score (nSPS) is 28.1. The van der Waals surface area contributed by atoms with Crippen LogP contribution in [0.15, 0.2) is 0 Å². The largest absolute Gasteiger partial charge is 0.379 e. The van der Waals surface area contributed by atoms with Gasteiger partial charge >= 0.3 is 0 Å². The van der Waals surface area contributed by atoms with Gasteiger partial charge in [0.1, 0.15) is 5.54 Å². The average Bonchev–Trinajstić information content (AvgIpc) is 2.63. The summed E-state index contributed by atoms with van der Waals surface area (Å²) in [5, 5.41) is 7.46. The van der Waals surface area contributed by atoms with Crippen LogP contribution in [-0.4, -0.2) is 28.1 Å². The van der Waals surface area contributed by atoms with Crippen LogP contribution in [0.5, 0.6) is 0 Å². The number of nitrogens with zero attached hydrogens (tertiary/aromatic N) is 3. The van der Waals surface area contributed by atoms with Gasteiger partial charge in [-0.25, -0.2) is 4.68 Å².